The van der Waals surface area contributed by atoms with Crippen LogP contribution in [0.1, 0.15) is 52.6 Å². The van der Waals surface area contributed by atoms with Crippen LogP contribution in [0.2, 0.25) is 25.1 Å². The van der Waals surface area contributed by atoms with Crippen LogP contribution in [0.15, 0.2) is 132 Å². The number of ketones is 3. The van der Waals surface area contributed by atoms with Crippen molar-refractivity contribution in [1.29, 1.82) is 0 Å². The first-order valence-electron chi connectivity index (χ1n) is 17.1. The highest BCUT2D eigenvalue weighted by molar-refractivity contribution is 8.00. The predicted octanol–water partition coefficient (Wildman–Crippen LogP) is 14.1. The van der Waals surface area contributed by atoms with E-state index in [1.54, 1.807) is 104 Å². The van der Waals surface area contributed by atoms with Gasteiger partial charge in [-0.15, -0.1) is 11.3 Å². The van der Waals surface area contributed by atoms with Crippen LogP contribution in [0, 0.1) is 6.92 Å². The highest BCUT2D eigenvalue weighted by atomic mass is 35.5. The Morgan fingerprint density at radius 2 is 1.19 bits per heavy atom. The molecule has 1 aromatic heterocycles. The summed E-state index contributed by atoms with van der Waals surface area (Å²) in [7, 11) is 1.58. The van der Waals surface area contributed by atoms with Crippen molar-refractivity contribution in [3.05, 3.63) is 191 Å². The molecule has 0 atom stereocenters. The first kappa shape index (κ1) is 46.1. The number of hydrogen-bond acceptors (Lipinski definition) is 8. The molecule has 13 heteroatoms. The van der Waals surface area contributed by atoms with Gasteiger partial charge in [0.05, 0.1) is 7.11 Å². The minimum absolute atomic E-state index is 0.0466. The van der Waals surface area contributed by atoms with Crippen LogP contribution in [0.25, 0.3) is 18.2 Å². The number of aryl methyl sites for hydroxylation is 1. The third-order valence-electron chi connectivity index (χ3n) is 7.76. The normalized spacial score (nSPS) is 10.9. The number of benzene rings is 5. The average molecular weight is 909 g/mol. The predicted molar refractivity (Wildman–Crippen MR) is 247 cm³/mol. The van der Waals surface area contributed by atoms with Crippen molar-refractivity contribution >= 4 is 122 Å². The van der Waals surface area contributed by atoms with Crippen molar-refractivity contribution in [2.24, 2.45) is 0 Å². The fourth-order valence-electron chi connectivity index (χ4n) is 4.75. The van der Waals surface area contributed by atoms with Crippen molar-refractivity contribution in [1.82, 2.24) is 4.98 Å². The van der Waals surface area contributed by atoms with Gasteiger partial charge in [-0.25, -0.2) is 4.98 Å². The molecule has 6 nitrogen and oxygen atoms in total. The summed E-state index contributed by atoms with van der Waals surface area (Å²) in [6.45, 7) is 1.95. The quantitative estimate of drug-likeness (QED) is 0.0785. The minimum Gasteiger partial charge on any atom is -0.497 e. The fourth-order valence-corrected chi connectivity index (χ4v) is 7.23. The van der Waals surface area contributed by atoms with Gasteiger partial charge in [-0.05, 0) is 127 Å². The third-order valence-corrected chi connectivity index (χ3v) is 11.2. The molecule has 5 aromatic carbocycles. The van der Waals surface area contributed by atoms with Crippen molar-refractivity contribution in [3.8, 4) is 5.75 Å². The molecule has 6 rings (SSSR count). The monoisotopic (exact) mass is 906 g/mol. The van der Waals surface area contributed by atoms with E-state index in [1.807, 2.05) is 43.5 Å². The van der Waals surface area contributed by atoms with E-state index in [0.29, 0.717) is 52.7 Å². The van der Waals surface area contributed by atoms with E-state index in [9.17, 15) is 14.4 Å². The van der Waals surface area contributed by atoms with Crippen molar-refractivity contribution in [2.75, 3.05) is 19.1 Å². The van der Waals surface area contributed by atoms with E-state index < -0.39 is 0 Å². The summed E-state index contributed by atoms with van der Waals surface area (Å²) in [4.78, 5) is 40.6. The lowest BCUT2D eigenvalue weighted by Gasteiger charge is -2.01. The van der Waals surface area contributed by atoms with E-state index >= 15 is 0 Å². The minimum atomic E-state index is -0.134. The zero-order valence-corrected chi connectivity index (χ0v) is 36.6. The number of allylic oxidation sites excluding steroid dienone is 3. The zero-order chi connectivity index (χ0) is 42.2. The molecule has 296 valence electrons. The number of nitrogens with two attached hydrogens (primary N) is 1. The number of halogens is 5. The average Bonchev–Trinajstić information content (AvgIpc) is 3.60. The largest absolute Gasteiger partial charge is 0.497 e. The first-order valence-corrected chi connectivity index (χ1v) is 21.0. The summed E-state index contributed by atoms with van der Waals surface area (Å²) >= 11 is 32.3. The fraction of sp³-hybridized carbons (Fsp3) is 0.0667. The number of rotatable bonds is 11. The molecular formula is C45H35Cl5N2O4S2. The van der Waals surface area contributed by atoms with Crippen molar-refractivity contribution in [3.63, 3.8) is 0 Å². The van der Waals surface area contributed by atoms with Crippen molar-refractivity contribution < 1.29 is 19.1 Å². The second kappa shape index (κ2) is 23.1. The van der Waals surface area contributed by atoms with E-state index in [1.165, 1.54) is 41.3 Å². The number of anilines is 1. The number of hydrogen-bond donors (Lipinski definition) is 1. The van der Waals surface area contributed by atoms with E-state index in [-0.39, 0.29) is 17.3 Å². The SMILES string of the molecule is COc1ccc(C(=O)C=Cc2ccc(Cl)cc2Cl)cc1.CSc1nc(N)c(C(=O)C=Cc2ccc(Cl)cc2)s1.Cc1cccc(C(=O)C=Cc2ccc(Cl)cc2Cl)c1. The highest BCUT2D eigenvalue weighted by Gasteiger charge is 2.13. The van der Waals surface area contributed by atoms with Crippen LogP contribution >= 0.6 is 81.1 Å². The van der Waals surface area contributed by atoms with Crippen LogP contribution in [-0.2, 0) is 0 Å². The Hall–Kier alpha value is -4.64. The molecule has 58 heavy (non-hydrogen) atoms. The molecule has 0 unspecified atom stereocenters. The maximum atomic E-state index is 12.0. The van der Waals surface area contributed by atoms with Crippen LogP contribution < -0.4 is 10.5 Å². The lowest BCUT2D eigenvalue weighted by Crippen LogP contribution is -1.96. The molecule has 1 heterocycles. The summed E-state index contributed by atoms with van der Waals surface area (Å²) in [6, 6.07) is 31.9. The Kier molecular flexibility index (Phi) is 18.3. The summed E-state index contributed by atoms with van der Waals surface area (Å²) in [5.41, 5.74) is 10.5. The number of thiazole rings is 1. The molecule has 0 aliphatic heterocycles. The van der Waals surface area contributed by atoms with Gasteiger partial charge in [0.2, 0.25) is 0 Å². The molecule has 0 aliphatic carbocycles. The Morgan fingerprint density at radius 1 is 0.655 bits per heavy atom. The van der Waals surface area contributed by atoms with E-state index in [0.717, 1.165) is 26.6 Å². The molecule has 0 amide bonds. The molecule has 0 saturated heterocycles. The van der Waals surface area contributed by atoms with Crippen LogP contribution in [-0.4, -0.2) is 35.7 Å². The van der Waals surface area contributed by atoms with E-state index in [4.69, 9.17) is 68.5 Å². The van der Waals surface area contributed by atoms with Gasteiger partial charge in [-0.3, -0.25) is 14.4 Å². The molecule has 0 fully saturated rings. The smallest absolute Gasteiger partial charge is 0.199 e. The second-order valence-electron chi connectivity index (χ2n) is 12.0. The van der Waals surface area contributed by atoms with Gasteiger partial charge < -0.3 is 10.5 Å². The molecule has 2 N–H and O–H groups in total. The molecule has 0 aliphatic rings. The summed E-state index contributed by atoms with van der Waals surface area (Å²) in [5.74, 6) is 0.727. The van der Waals surface area contributed by atoms with Gasteiger partial charge in [-0.2, -0.15) is 0 Å². The molecular weight excluding hydrogens is 874 g/mol. The lowest BCUT2D eigenvalue weighted by molar-refractivity contribution is 0.103. The van der Waals surface area contributed by atoms with Crippen LogP contribution in [0.3, 0.4) is 0 Å². The number of nitrogen functional groups attached to an aromatic ring is 1. The van der Waals surface area contributed by atoms with Crippen molar-refractivity contribution in [2.45, 2.75) is 11.3 Å². The lowest BCUT2D eigenvalue weighted by atomic mass is 10.1. The number of nitrogens with zero attached hydrogens (tertiary/aromatic N) is 1. The van der Waals surface area contributed by atoms with Gasteiger partial charge in [-0.1, -0.05) is 124 Å². The molecule has 0 saturated carbocycles. The molecule has 0 bridgehead atoms. The molecule has 0 spiro atoms. The number of carbonyl (C=O) groups excluding carboxylic acids is 3. The van der Waals surface area contributed by atoms with Gasteiger partial charge in [0, 0.05) is 36.2 Å². The Morgan fingerprint density at radius 3 is 1.69 bits per heavy atom. The van der Waals surface area contributed by atoms with E-state index in [2.05, 4.69) is 4.98 Å². The standard InChI is InChI=1S/C16H12Cl2O2.C16H12Cl2O.C13H11ClN2OS2/c1-20-14-7-3-12(4-8-14)16(19)9-5-11-2-6-13(17)10-15(11)18;1-11-3-2-4-13(9-11)16(19)8-6-12-5-7-14(17)10-15(12)18;1-18-13-16-12(15)11(19-13)10(17)7-4-8-2-5-9(14)6-3-8/h2-10H,1H3;2-10H,1H3;2-7H,15H2,1H3. The number of thioether (sulfide) groups is 1. The maximum absolute atomic E-state index is 12.0. The molecule has 6 aromatic rings. The van der Waals surface area contributed by atoms with Gasteiger partial charge in [0.1, 0.15) is 16.4 Å². The number of methoxy groups -OCH3 is 1. The van der Waals surface area contributed by atoms with Gasteiger partial charge >= 0.3 is 0 Å². The van der Waals surface area contributed by atoms with Gasteiger partial charge in [0.25, 0.3) is 0 Å². The van der Waals surface area contributed by atoms with Crippen LogP contribution in [0.4, 0.5) is 5.82 Å². The van der Waals surface area contributed by atoms with Gasteiger partial charge in [0.15, 0.2) is 21.7 Å². The Labute approximate surface area is 370 Å². The number of aromatic nitrogens is 1. The zero-order valence-electron chi connectivity index (χ0n) is 31.2. The maximum Gasteiger partial charge on any atom is 0.199 e. The van der Waals surface area contributed by atoms with Crippen LogP contribution in [0.5, 0.6) is 5.75 Å². The Bertz CT molecular complexity index is 2460. The first-order chi connectivity index (χ1) is 27.8. The summed E-state index contributed by atoms with van der Waals surface area (Å²) in [5, 5.41) is 2.85. The third kappa shape index (κ3) is 14.6. The number of carbonyl (C=O) groups is 3. The summed E-state index contributed by atoms with van der Waals surface area (Å²) in [6.07, 6.45) is 11.5. The second-order valence-corrected chi connectivity index (χ2v) is 16.1. The highest BCUT2D eigenvalue weighted by Crippen LogP contribution is 2.28. The molecule has 0 radical (unpaired) electrons. The summed E-state index contributed by atoms with van der Waals surface area (Å²) < 4.78 is 5.84. The number of ether oxygens (including phenoxy) is 1. The Balaban J connectivity index is 0.000000193. The topological polar surface area (TPSA) is 99.3 Å².